The van der Waals surface area contributed by atoms with Gasteiger partial charge in [-0.05, 0) is 74.1 Å². The second kappa shape index (κ2) is 10.9. The largest absolute Gasteiger partial charge is 0.361 e. The smallest absolute Gasteiger partial charge is 0.0410 e. The first-order chi connectivity index (χ1) is 13.8. The van der Waals surface area contributed by atoms with Crippen LogP contribution in [0.5, 0.6) is 0 Å². The molecule has 0 radical (unpaired) electrons. The molecular formula is C28H37N. The van der Waals surface area contributed by atoms with Crippen molar-refractivity contribution in [3.05, 3.63) is 89.3 Å². The standard InChI is InChI=1S/C23H27N.C5H10/c1-8-21(19-11-9-17(6)10-12-19)23(16(4)5)18(7)20-13-22(15(2)3)24-14-20;1-2-4-5-3-1/h8-14,24H,2,7H2,1,3-6H3;1-5H2/b21-8-;. The minimum absolute atomic E-state index is 1.03. The lowest BCUT2D eigenvalue weighted by Crippen LogP contribution is -1.96. The van der Waals surface area contributed by atoms with Crippen LogP contribution in [0.2, 0.25) is 0 Å². The van der Waals surface area contributed by atoms with Gasteiger partial charge in [0.05, 0.1) is 0 Å². The number of aromatic nitrogens is 1. The summed E-state index contributed by atoms with van der Waals surface area (Å²) in [4.78, 5) is 3.28. The summed E-state index contributed by atoms with van der Waals surface area (Å²) in [5, 5.41) is 0. The predicted molar refractivity (Wildman–Crippen MR) is 131 cm³/mol. The zero-order valence-electron chi connectivity index (χ0n) is 19.0. The Morgan fingerprint density at radius 1 is 0.897 bits per heavy atom. The van der Waals surface area contributed by atoms with Crippen molar-refractivity contribution in [3.63, 3.8) is 0 Å². The molecule has 0 unspecified atom stereocenters. The van der Waals surface area contributed by atoms with Crippen LogP contribution in [0.15, 0.2) is 66.9 Å². The van der Waals surface area contributed by atoms with Crippen molar-refractivity contribution in [1.82, 2.24) is 4.98 Å². The van der Waals surface area contributed by atoms with Crippen molar-refractivity contribution in [2.24, 2.45) is 0 Å². The molecule has 1 nitrogen and oxygen atoms in total. The maximum Gasteiger partial charge on any atom is 0.0410 e. The molecular weight excluding hydrogens is 350 g/mol. The molecule has 2 aromatic rings. The van der Waals surface area contributed by atoms with Gasteiger partial charge >= 0.3 is 0 Å². The third-order valence-corrected chi connectivity index (χ3v) is 5.46. The monoisotopic (exact) mass is 387 g/mol. The summed E-state index contributed by atoms with van der Waals surface area (Å²) in [6.07, 6.45) is 11.7. The molecule has 1 aromatic heterocycles. The number of aromatic amines is 1. The third kappa shape index (κ3) is 6.22. The van der Waals surface area contributed by atoms with Gasteiger partial charge in [-0.2, -0.15) is 0 Å². The molecule has 3 rings (SSSR count). The van der Waals surface area contributed by atoms with E-state index in [-0.39, 0.29) is 0 Å². The molecule has 29 heavy (non-hydrogen) atoms. The molecule has 1 aliphatic rings. The van der Waals surface area contributed by atoms with Crippen molar-refractivity contribution in [3.8, 4) is 0 Å². The van der Waals surface area contributed by atoms with Crippen LogP contribution in [0.3, 0.4) is 0 Å². The lowest BCUT2D eigenvalue weighted by Gasteiger charge is -2.17. The Morgan fingerprint density at radius 2 is 1.45 bits per heavy atom. The Kier molecular flexibility index (Phi) is 8.51. The molecule has 154 valence electrons. The van der Waals surface area contributed by atoms with Crippen molar-refractivity contribution >= 4 is 16.7 Å². The molecule has 0 atom stereocenters. The number of hydrogen-bond acceptors (Lipinski definition) is 0. The quantitative estimate of drug-likeness (QED) is 0.493. The Hall–Kier alpha value is -2.54. The highest BCUT2D eigenvalue weighted by atomic mass is 14.7. The van der Waals surface area contributed by atoms with Crippen LogP contribution in [-0.2, 0) is 0 Å². The number of rotatable bonds is 5. The Bertz CT molecular complexity index is 884. The molecule has 1 saturated carbocycles. The normalized spacial score (nSPS) is 13.5. The lowest BCUT2D eigenvalue weighted by molar-refractivity contribution is 0.886. The summed E-state index contributed by atoms with van der Waals surface area (Å²) in [7, 11) is 0. The van der Waals surface area contributed by atoms with E-state index < -0.39 is 0 Å². The molecule has 1 fully saturated rings. The number of allylic oxidation sites excluding steroid dienone is 6. The van der Waals surface area contributed by atoms with E-state index in [1.54, 1.807) is 0 Å². The van der Waals surface area contributed by atoms with E-state index in [1.165, 1.54) is 60.0 Å². The maximum atomic E-state index is 4.38. The molecule has 0 aliphatic heterocycles. The van der Waals surface area contributed by atoms with E-state index in [0.717, 1.165) is 22.4 Å². The van der Waals surface area contributed by atoms with E-state index in [0.29, 0.717) is 0 Å². The molecule has 1 N–H and O–H groups in total. The molecule has 1 aromatic carbocycles. The molecule has 0 bridgehead atoms. The van der Waals surface area contributed by atoms with Gasteiger partial charge in [-0.15, -0.1) is 0 Å². The summed E-state index contributed by atoms with van der Waals surface area (Å²) in [5.74, 6) is 0. The van der Waals surface area contributed by atoms with Crippen molar-refractivity contribution in [2.75, 3.05) is 0 Å². The fourth-order valence-corrected chi connectivity index (χ4v) is 3.77. The molecule has 0 spiro atoms. The number of benzene rings is 1. The van der Waals surface area contributed by atoms with Crippen LogP contribution in [0.4, 0.5) is 0 Å². The third-order valence-electron chi connectivity index (χ3n) is 5.46. The summed E-state index contributed by atoms with van der Waals surface area (Å²) >= 11 is 0. The summed E-state index contributed by atoms with van der Waals surface area (Å²) < 4.78 is 0. The summed E-state index contributed by atoms with van der Waals surface area (Å²) in [6, 6.07) is 10.8. The van der Waals surface area contributed by atoms with Gasteiger partial charge in [-0.3, -0.25) is 0 Å². The van der Waals surface area contributed by atoms with Crippen LogP contribution >= 0.6 is 0 Å². The SMILES string of the molecule is C1CCCC1.C=C(C(=C(C)C)/C(=C\C)c1ccc(C)cc1)c1c[nH]c(C(=C)C)c1. The lowest BCUT2D eigenvalue weighted by atomic mass is 9.87. The summed E-state index contributed by atoms with van der Waals surface area (Å²) in [6.45, 7) is 18.9. The first-order valence-corrected chi connectivity index (χ1v) is 10.8. The first kappa shape index (κ1) is 22.7. The highest BCUT2D eigenvalue weighted by Gasteiger charge is 2.15. The molecule has 1 heterocycles. The molecule has 0 amide bonds. The minimum Gasteiger partial charge on any atom is -0.361 e. The maximum absolute atomic E-state index is 4.38. The summed E-state index contributed by atoms with van der Waals surface area (Å²) in [5.41, 5.74) is 10.4. The second-order valence-electron chi connectivity index (χ2n) is 8.27. The van der Waals surface area contributed by atoms with Crippen molar-refractivity contribution in [1.29, 1.82) is 0 Å². The number of H-pyrrole nitrogens is 1. The second-order valence-corrected chi connectivity index (χ2v) is 8.27. The van der Waals surface area contributed by atoms with Gasteiger partial charge in [0, 0.05) is 11.9 Å². The van der Waals surface area contributed by atoms with Gasteiger partial charge in [0.25, 0.3) is 0 Å². The predicted octanol–water partition coefficient (Wildman–Crippen LogP) is 8.76. The minimum atomic E-state index is 1.03. The van der Waals surface area contributed by atoms with E-state index in [9.17, 15) is 0 Å². The van der Waals surface area contributed by atoms with Crippen LogP contribution in [0.25, 0.3) is 16.7 Å². The van der Waals surface area contributed by atoms with Gasteiger partial charge in [0.1, 0.15) is 0 Å². The highest BCUT2D eigenvalue weighted by molar-refractivity contribution is 5.98. The van der Waals surface area contributed by atoms with E-state index >= 15 is 0 Å². The van der Waals surface area contributed by atoms with E-state index in [1.807, 2.05) is 13.1 Å². The fourth-order valence-electron chi connectivity index (χ4n) is 3.77. The highest BCUT2D eigenvalue weighted by Crippen LogP contribution is 2.36. The van der Waals surface area contributed by atoms with Crippen LogP contribution in [-0.4, -0.2) is 4.98 Å². The van der Waals surface area contributed by atoms with Crippen molar-refractivity contribution < 1.29 is 0 Å². The average molecular weight is 388 g/mol. The first-order valence-electron chi connectivity index (χ1n) is 10.8. The Balaban J connectivity index is 0.000000521. The van der Waals surface area contributed by atoms with Crippen LogP contribution in [0.1, 0.15) is 82.2 Å². The van der Waals surface area contributed by atoms with Crippen LogP contribution < -0.4 is 0 Å². The number of aryl methyl sites for hydroxylation is 1. The zero-order chi connectivity index (χ0) is 21.4. The van der Waals surface area contributed by atoms with E-state index in [4.69, 9.17) is 0 Å². The average Bonchev–Trinajstić information content (AvgIpc) is 3.41. The fraction of sp³-hybridized carbons (Fsp3) is 0.357. The topological polar surface area (TPSA) is 15.8 Å². The van der Waals surface area contributed by atoms with Gasteiger partial charge in [0.2, 0.25) is 0 Å². The van der Waals surface area contributed by atoms with Crippen LogP contribution in [0, 0.1) is 6.92 Å². The van der Waals surface area contributed by atoms with E-state index in [2.05, 4.69) is 82.2 Å². The molecule has 1 heteroatoms. The molecule has 0 saturated heterocycles. The number of hydrogen-bond donors (Lipinski definition) is 1. The van der Waals surface area contributed by atoms with Crippen molar-refractivity contribution in [2.45, 2.75) is 66.7 Å². The number of nitrogens with one attached hydrogen (secondary N) is 1. The van der Waals surface area contributed by atoms with Gasteiger partial charge in [0.15, 0.2) is 0 Å². The van der Waals surface area contributed by atoms with Gasteiger partial charge < -0.3 is 4.98 Å². The Morgan fingerprint density at radius 3 is 1.86 bits per heavy atom. The van der Waals surface area contributed by atoms with Gasteiger partial charge in [-0.25, -0.2) is 0 Å². The van der Waals surface area contributed by atoms with Gasteiger partial charge in [-0.1, -0.05) is 86.7 Å². The molecule has 1 aliphatic carbocycles. The Labute approximate surface area is 178 Å². The zero-order valence-corrected chi connectivity index (χ0v) is 19.0.